The van der Waals surface area contributed by atoms with Crippen molar-refractivity contribution < 1.29 is 83.9 Å². The van der Waals surface area contributed by atoms with Gasteiger partial charge in [-0.05, 0) is 19.4 Å². The molecule has 3 aliphatic rings. The van der Waals surface area contributed by atoms with Crippen LogP contribution in [0.4, 0.5) is 0 Å². The van der Waals surface area contributed by atoms with Crippen LogP contribution < -0.4 is 17.2 Å². The van der Waals surface area contributed by atoms with E-state index in [0.29, 0.717) is 19.6 Å². The molecule has 3 heterocycles. The maximum Gasteiger partial charge on any atom is 0.364 e. The molecule has 20 nitrogen and oxygen atoms in total. The standard InChI is InChI=1S/C28H53N3O17/c1-42-23-17(31)25(43-7-5-3-2-4-6-29)45-15(11-34)21(23)46-26-20(39)24(19(38)14(10-33)44-26)48-28(27(40)41)8-12(35)16(30)22(47-28)18(37)13(36)9-32/h12-26,32-39H,2-11,29-31H2,1H3,(H,40,41)/t12?,13?,14?,15?,16-,17?,18?,19+,20?,21-,22?,23?,24?,25-,26?,28+/m1/s1. The second kappa shape index (κ2) is 18.8. The molecule has 15 N–H and O–H groups in total. The third-order valence-electron chi connectivity index (χ3n) is 8.84. The van der Waals surface area contributed by atoms with Gasteiger partial charge in [0.05, 0.1) is 38.0 Å². The molecule has 3 rings (SSSR count). The highest BCUT2D eigenvalue weighted by molar-refractivity contribution is 5.76. The van der Waals surface area contributed by atoms with Gasteiger partial charge < -0.3 is 96.3 Å². The van der Waals surface area contributed by atoms with Gasteiger partial charge in [-0.2, -0.15) is 0 Å². The molecule has 0 radical (unpaired) electrons. The Morgan fingerprint density at radius 1 is 0.896 bits per heavy atom. The summed E-state index contributed by atoms with van der Waals surface area (Å²) in [6, 6.07) is -2.42. The molecule has 0 aromatic rings. The van der Waals surface area contributed by atoms with Gasteiger partial charge in [-0.25, -0.2) is 4.79 Å². The SMILES string of the molecule is COC1C(N)[C@H](OCCCCCCN)OC(CO)[C@H]1OC1OC(CO)[C@H](O)C(O[C@]2(C(=O)O)CC(O)[C@@H](N)C(C(O)C(O)CO)O2)C1O. The average molecular weight is 704 g/mol. The molecule has 20 heteroatoms. The van der Waals surface area contributed by atoms with Crippen molar-refractivity contribution in [3.8, 4) is 0 Å². The van der Waals surface area contributed by atoms with Gasteiger partial charge in [0.2, 0.25) is 0 Å². The Hall–Kier alpha value is -1.25. The van der Waals surface area contributed by atoms with E-state index < -0.39 is 130 Å². The molecule has 0 aliphatic carbocycles. The minimum absolute atomic E-state index is 0.298. The fourth-order valence-electron chi connectivity index (χ4n) is 6.02. The smallest absolute Gasteiger partial charge is 0.364 e. The van der Waals surface area contributed by atoms with Crippen molar-refractivity contribution in [2.45, 2.75) is 130 Å². The molecule has 48 heavy (non-hydrogen) atoms. The van der Waals surface area contributed by atoms with Crippen LogP contribution in [0.15, 0.2) is 0 Å². The van der Waals surface area contributed by atoms with Gasteiger partial charge in [0.1, 0.15) is 61.0 Å². The summed E-state index contributed by atoms with van der Waals surface area (Å²) in [5.41, 5.74) is 17.8. The van der Waals surface area contributed by atoms with Crippen molar-refractivity contribution in [2.24, 2.45) is 17.2 Å². The summed E-state index contributed by atoms with van der Waals surface area (Å²) in [4.78, 5) is 12.6. The predicted octanol–water partition coefficient (Wildman–Crippen LogP) is -6.24. The first-order chi connectivity index (χ1) is 22.8. The molecular weight excluding hydrogens is 650 g/mol. The Balaban J connectivity index is 1.82. The largest absolute Gasteiger partial charge is 0.477 e. The van der Waals surface area contributed by atoms with Crippen LogP contribution in [0.25, 0.3) is 0 Å². The Morgan fingerprint density at radius 3 is 2.12 bits per heavy atom. The Bertz CT molecular complexity index is 974. The fourth-order valence-corrected chi connectivity index (χ4v) is 6.02. The molecule has 0 aromatic heterocycles. The zero-order valence-corrected chi connectivity index (χ0v) is 26.8. The maximum absolute atomic E-state index is 12.6. The first kappa shape index (κ1) is 41.2. The van der Waals surface area contributed by atoms with E-state index in [1.807, 2.05) is 0 Å². The Labute approximate surface area is 277 Å². The van der Waals surface area contributed by atoms with Crippen LogP contribution in [-0.4, -0.2) is 190 Å². The number of carbonyl (C=O) groups is 1. The second-order valence-electron chi connectivity index (χ2n) is 12.2. The van der Waals surface area contributed by atoms with Crippen molar-refractivity contribution in [1.82, 2.24) is 0 Å². The van der Waals surface area contributed by atoms with Crippen LogP contribution >= 0.6 is 0 Å². The molecule has 0 spiro atoms. The third-order valence-corrected chi connectivity index (χ3v) is 8.84. The minimum Gasteiger partial charge on any atom is -0.477 e. The molecule has 16 atom stereocenters. The number of unbranched alkanes of at least 4 members (excludes halogenated alkanes) is 3. The number of aliphatic carboxylic acids is 1. The van der Waals surface area contributed by atoms with Crippen LogP contribution in [-0.2, 0) is 38.0 Å². The van der Waals surface area contributed by atoms with Gasteiger partial charge in [-0.1, -0.05) is 12.8 Å². The molecule has 0 amide bonds. The van der Waals surface area contributed by atoms with Gasteiger partial charge in [-0.15, -0.1) is 0 Å². The van der Waals surface area contributed by atoms with Crippen LogP contribution in [0, 0.1) is 0 Å². The highest BCUT2D eigenvalue weighted by Gasteiger charge is 2.59. The van der Waals surface area contributed by atoms with E-state index in [1.54, 1.807) is 0 Å². The number of ether oxygens (including phenoxy) is 7. The highest BCUT2D eigenvalue weighted by atomic mass is 16.8. The number of hydrogen-bond acceptors (Lipinski definition) is 19. The zero-order chi connectivity index (χ0) is 35.8. The summed E-state index contributed by atoms with van der Waals surface area (Å²) in [6.45, 7) is -1.57. The minimum atomic E-state index is -2.89. The van der Waals surface area contributed by atoms with E-state index in [1.165, 1.54) is 7.11 Å². The summed E-state index contributed by atoms with van der Waals surface area (Å²) in [7, 11) is 1.32. The number of aliphatic hydroxyl groups excluding tert-OH is 8. The van der Waals surface area contributed by atoms with E-state index in [4.69, 9.17) is 50.4 Å². The number of nitrogens with two attached hydrogens (primary N) is 3. The van der Waals surface area contributed by atoms with Crippen LogP contribution in [0.1, 0.15) is 32.1 Å². The Morgan fingerprint density at radius 2 is 1.54 bits per heavy atom. The molecule has 0 saturated carbocycles. The number of carboxylic acids is 1. The van der Waals surface area contributed by atoms with E-state index in [-0.39, 0.29) is 0 Å². The van der Waals surface area contributed by atoms with Crippen molar-refractivity contribution in [2.75, 3.05) is 40.1 Å². The number of rotatable bonds is 18. The molecule has 11 unspecified atom stereocenters. The second-order valence-corrected chi connectivity index (χ2v) is 12.2. The normalized spacial score (nSPS) is 42.0. The van der Waals surface area contributed by atoms with Crippen LogP contribution in [0.3, 0.4) is 0 Å². The molecule has 0 bridgehead atoms. The molecular formula is C28H53N3O17. The lowest BCUT2D eigenvalue weighted by Gasteiger charge is -2.50. The van der Waals surface area contributed by atoms with Crippen LogP contribution in [0.5, 0.6) is 0 Å². The highest BCUT2D eigenvalue weighted by Crippen LogP contribution is 2.38. The van der Waals surface area contributed by atoms with Crippen molar-refractivity contribution in [1.29, 1.82) is 0 Å². The molecule has 3 aliphatic heterocycles. The van der Waals surface area contributed by atoms with Crippen molar-refractivity contribution in [3.05, 3.63) is 0 Å². The van der Waals surface area contributed by atoms with Gasteiger partial charge in [0, 0.05) is 20.1 Å². The monoisotopic (exact) mass is 703 g/mol. The summed E-state index contributed by atoms with van der Waals surface area (Å²) < 4.78 is 40.0. The van der Waals surface area contributed by atoms with Crippen LogP contribution in [0.2, 0.25) is 0 Å². The Kier molecular flexibility index (Phi) is 16.2. The zero-order valence-electron chi connectivity index (χ0n) is 26.8. The number of aliphatic hydroxyl groups is 8. The van der Waals surface area contributed by atoms with Gasteiger partial charge in [0.25, 0.3) is 5.79 Å². The number of methoxy groups -OCH3 is 1. The van der Waals surface area contributed by atoms with Gasteiger partial charge in [-0.3, -0.25) is 0 Å². The molecule has 0 aromatic carbocycles. The number of hydrogen-bond donors (Lipinski definition) is 12. The third kappa shape index (κ3) is 9.34. The van der Waals surface area contributed by atoms with E-state index >= 15 is 0 Å². The lowest BCUT2D eigenvalue weighted by molar-refractivity contribution is -0.382. The predicted molar refractivity (Wildman–Crippen MR) is 158 cm³/mol. The first-order valence-electron chi connectivity index (χ1n) is 15.9. The van der Waals surface area contributed by atoms with Crippen molar-refractivity contribution >= 4 is 5.97 Å². The quantitative estimate of drug-likeness (QED) is 0.0591. The topological polar surface area (TPSA) is 342 Å². The van der Waals surface area contributed by atoms with Gasteiger partial charge in [0.15, 0.2) is 12.6 Å². The van der Waals surface area contributed by atoms with E-state index in [0.717, 1.165) is 19.3 Å². The lowest BCUT2D eigenvalue weighted by atomic mass is 9.88. The lowest BCUT2D eigenvalue weighted by Crippen LogP contribution is -2.70. The van der Waals surface area contributed by atoms with Gasteiger partial charge >= 0.3 is 5.97 Å². The number of carboxylic acid groups (broad SMARTS) is 1. The molecule has 3 saturated heterocycles. The summed E-state index contributed by atoms with van der Waals surface area (Å²) in [6.07, 6.45) is -18.5. The van der Waals surface area contributed by atoms with E-state index in [9.17, 15) is 50.8 Å². The first-order valence-corrected chi connectivity index (χ1v) is 15.9. The van der Waals surface area contributed by atoms with Crippen molar-refractivity contribution in [3.63, 3.8) is 0 Å². The summed E-state index contributed by atoms with van der Waals surface area (Å²) in [5.74, 6) is -4.76. The molecule has 3 fully saturated rings. The average Bonchev–Trinajstić information content (AvgIpc) is 3.07. The summed E-state index contributed by atoms with van der Waals surface area (Å²) >= 11 is 0. The van der Waals surface area contributed by atoms with E-state index in [2.05, 4.69) is 0 Å². The fraction of sp³-hybridized carbons (Fsp3) is 0.964. The summed E-state index contributed by atoms with van der Waals surface area (Å²) in [5, 5.41) is 93.0. The molecule has 282 valence electrons. The maximum atomic E-state index is 12.6.